The highest BCUT2D eigenvalue weighted by molar-refractivity contribution is 8.13. The van der Waals surface area contributed by atoms with Crippen LogP contribution in [0.4, 0.5) is 0 Å². The Morgan fingerprint density at radius 2 is 1.41 bits per heavy atom. The Morgan fingerprint density at radius 1 is 0.882 bits per heavy atom. The molecule has 0 bridgehead atoms. The second kappa shape index (κ2) is 5.46. The SMILES string of the molecule is COP(=S)(Oc1ccccc1)c1ccccc1. The van der Waals surface area contributed by atoms with Crippen molar-refractivity contribution in [3.05, 3.63) is 60.7 Å². The van der Waals surface area contributed by atoms with E-state index in [4.69, 9.17) is 20.9 Å². The molecule has 1 unspecified atom stereocenters. The summed E-state index contributed by atoms with van der Waals surface area (Å²) in [7, 11) is 1.59. The first-order valence-corrected chi connectivity index (χ1v) is 7.84. The summed E-state index contributed by atoms with van der Waals surface area (Å²) in [5.74, 6) is 0.738. The lowest BCUT2D eigenvalue weighted by atomic mass is 10.3. The van der Waals surface area contributed by atoms with Gasteiger partial charge in [0, 0.05) is 12.4 Å². The first-order valence-electron chi connectivity index (χ1n) is 5.21. The number of hydrogen-bond donors (Lipinski definition) is 0. The quantitative estimate of drug-likeness (QED) is 0.789. The van der Waals surface area contributed by atoms with E-state index in [1.54, 1.807) is 7.11 Å². The van der Waals surface area contributed by atoms with Gasteiger partial charge in [-0.1, -0.05) is 36.4 Å². The van der Waals surface area contributed by atoms with E-state index < -0.39 is 6.49 Å². The van der Waals surface area contributed by atoms with Crippen molar-refractivity contribution in [2.24, 2.45) is 0 Å². The van der Waals surface area contributed by atoms with Crippen molar-refractivity contribution in [3.63, 3.8) is 0 Å². The topological polar surface area (TPSA) is 18.5 Å². The molecule has 0 heterocycles. The minimum Gasteiger partial charge on any atom is -0.440 e. The van der Waals surface area contributed by atoms with Gasteiger partial charge in [0.15, 0.2) is 0 Å². The van der Waals surface area contributed by atoms with E-state index in [2.05, 4.69) is 0 Å². The summed E-state index contributed by atoms with van der Waals surface area (Å²) in [6, 6.07) is 19.2. The summed E-state index contributed by atoms with van der Waals surface area (Å²) in [6.07, 6.45) is 0. The second-order valence-corrected chi connectivity index (χ2v) is 6.92. The highest BCUT2D eigenvalue weighted by Crippen LogP contribution is 2.46. The smallest absolute Gasteiger partial charge is 0.268 e. The molecule has 0 aliphatic rings. The van der Waals surface area contributed by atoms with Gasteiger partial charge in [-0.25, -0.2) is 0 Å². The van der Waals surface area contributed by atoms with Crippen molar-refractivity contribution < 1.29 is 9.05 Å². The molecule has 0 aliphatic heterocycles. The molecule has 2 aromatic rings. The van der Waals surface area contributed by atoms with E-state index in [9.17, 15) is 0 Å². The molecule has 2 aromatic carbocycles. The van der Waals surface area contributed by atoms with Crippen LogP contribution in [-0.2, 0) is 16.3 Å². The number of rotatable bonds is 4. The predicted octanol–water partition coefficient (Wildman–Crippen LogP) is 3.35. The van der Waals surface area contributed by atoms with Crippen LogP contribution in [0.25, 0.3) is 0 Å². The van der Waals surface area contributed by atoms with E-state index in [1.165, 1.54) is 0 Å². The lowest BCUT2D eigenvalue weighted by Crippen LogP contribution is -2.10. The molecule has 2 rings (SSSR count). The molecule has 4 heteroatoms. The molecule has 0 spiro atoms. The molecule has 0 fully saturated rings. The van der Waals surface area contributed by atoms with E-state index in [0.29, 0.717) is 0 Å². The van der Waals surface area contributed by atoms with Crippen LogP contribution >= 0.6 is 6.49 Å². The average Bonchev–Trinajstić information content (AvgIpc) is 2.41. The molecule has 0 amide bonds. The van der Waals surface area contributed by atoms with Crippen molar-refractivity contribution in [2.45, 2.75) is 0 Å². The Bertz CT molecular complexity index is 513. The molecular formula is C13H13O2PS. The van der Waals surface area contributed by atoms with Gasteiger partial charge in [0.2, 0.25) is 0 Å². The first kappa shape index (κ1) is 12.3. The van der Waals surface area contributed by atoms with Crippen molar-refractivity contribution in [1.82, 2.24) is 0 Å². The predicted molar refractivity (Wildman–Crippen MR) is 74.4 cm³/mol. The molecule has 0 aliphatic carbocycles. The summed E-state index contributed by atoms with van der Waals surface area (Å²) in [5.41, 5.74) is 0. The fourth-order valence-electron chi connectivity index (χ4n) is 1.43. The van der Waals surface area contributed by atoms with Crippen LogP contribution in [0.3, 0.4) is 0 Å². The first-order chi connectivity index (χ1) is 8.24. The van der Waals surface area contributed by atoms with Gasteiger partial charge < -0.3 is 9.05 Å². The van der Waals surface area contributed by atoms with E-state index in [0.717, 1.165) is 11.1 Å². The van der Waals surface area contributed by atoms with Gasteiger partial charge in [-0.2, -0.15) is 0 Å². The lowest BCUT2D eigenvalue weighted by Gasteiger charge is -2.21. The van der Waals surface area contributed by atoms with E-state index in [1.807, 2.05) is 60.7 Å². The molecule has 0 saturated heterocycles. The molecule has 17 heavy (non-hydrogen) atoms. The number of benzene rings is 2. The van der Waals surface area contributed by atoms with Crippen LogP contribution in [0, 0.1) is 0 Å². The third-order valence-corrected chi connectivity index (χ3v) is 5.45. The Morgan fingerprint density at radius 3 is 1.94 bits per heavy atom. The monoisotopic (exact) mass is 264 g/mol. The summed E-state index contributed by atoms with van der Waals surface area (Å²) >= 11 is 5.52. The van der Waals surface area contributed by atoms with Crippen molar-refractivity contribution in [3.8, 4) is 5.75 Å². The lowest BCUT2D eigenvalue weighted by molar-refractivity contribution is 0.402. The number of para-hydroxylation sites is 1. The third kappa shape index (κ3) is 2.95. The zero-order valence-corrected chi connectivity index (χ0v) is 11.2. The molecule has 0 radical (unpaired) electrons. The Balaban J connectivity index is 2.30. The normalized spacial score (nSPS) is 13.9. The van der Waals surface area contributed by atoms with Crippen LogP contribution < -0.4 is 9.83 Å². The van der Waals surface area contributed by atoms with Crippen LogP contribution in [0.15, 0.2) is 60.7 Å². The van der Waals surface area contributed by atoms with Crippen LogP contribution in [-0.4, -0.2) is 7.11 Å². The van der Waals surface area contributed by atoms with Crippen LogP contribution in [0.1, 0.15) is 0 Å². The van der Waals surface area contributed by atoms with Gasteiger partial charge in [0.05, 0.1) is 0 Å². The van der Waals surface area contributed by atoms with Gasteiger partial charge in [-0.05, 0) is 36.1 Å². The molecule has 0 saturated carbocycles. The minimum absolute atomic E-state index is 0.738. The van der Waals surface area contributed by atoms with Gasteiger partial charge >= 0.3 is 0 Å². The summed E-state index contributed by atoms with van der Waals surface area (Å²) < 4.78 is 11.3. The van der Waals surface area contributed by atoms with E-state index in [-0.39, 0.29) is 0 Å². The standard InChI is InChI=1S/C13H13O2PS/c1-14-16(17,13-10-6-3-7-11-13)15-12-8-4-2-5-9-12/h2-11H,1H3. The average molecular weight is 264 g/mol. The van der Waals surface area contributed by atoms with Crippen molar-refractivity contribution >= 4 is 23.6 Å². The van der Waals surface area contributed by atoms with Gasteiger partial charge in [0.25, 0.3) is 6.49 Å². The fraction of sp³-hybridized carbons (Fsp3) is 0.0769. The van der Waals surface area contributed by atoms with Gasteiger partial charge in [0.1, 0.15) is 5.75 Å². The summed E-state index contributed by atoms with van der Waals surface area (Å²) in [4.78, 5) is 0. The summed E-state index contributed by atoms with van der Waals surface area (Å²) in [5, 5.41) is 0.918. The zero-order valence-electron chi connectivity index (χ0n) is 9.45. The largest absolute Gasteiger partial charge is 0.440 e. The Labute approximate surface area is 106 Å². The molecular weight excluding hydrogens is 251 g/mol. The van der Waals surface area contributed by atoms with Crippen LogP contribution in [0.2, 0.25) is 0 Å². The Kier molecular flexibility index (Phi) is 3.95. The maximum Gasteiger partial charge on any atom is 0.268 e. The maximum absolute atomic E-state index is 5.84. The van der Waals surface area contributed by atoms with Crippen molar-refractivity contribution in [2.75, 3.05) is 7.11 Å². The highest BCUT2D eigenvalue weighted by atomic mass is 32.5. The van der Waals surface area contributed by atoms with Gasteiger partial charge in [-0.15, -0.1) is 0 Å². The van der Waals surface area contributed by atoms with Gasteiger partial charge in [-0.3, -0.25) is 0 Å². The third-order valence-electron chi connectivity index (χ3n) is 2.28. The Hall–Kier alpha value is -1.15. The molecule has 88 valence electrons. The molecule has 0 aromatic heterocycles. The molecule has 2 nitrogen and oxygen atoms in total. The van der Waals surface area contributed by atoms with Crippen LogP contribution in [0.5, 0.6) is 5.75 Å². The number of hydrogen-bond acceptors (Lipinski definition) is 3. The maximum atomic E-state index is 5.84. The molecule has 0 N–H and O–H groups in total. The minimum atomic E-state index is -2.44. The highest BCUT2D eigenvalue weighted by Gasteiger charge is 2.21. The van der Waals surface area contributed by atoms with E-state index >= 15 is 0 Å². The molecule has 1 atom stereocenters. The second-order valence-electron chi connectivity index (χ2n) is 3.42. The van der Waals surface area contributed by atoms with Crippen molar-refractivity contribution in [1.29, 1.82) is 0 Å². The summed E-state index contributed by atoms with van der Waals surface area (Å²) in [6.45, 7) is -2.44. The fourth-order valence-corrected chi connectivity index (χ4v) is 3.38. The zero-order chi connectivity index (χ0) is 12.1.